The maximum absolute atomic E-state index is 12.3. The molecule has 0 bridgehead atoms. The van der Waals surface area contributed by atoms with Gasteiger partial charge in [-0.3, -0.25) is 14.4 Å². The van der Waals surface area contributed by atoms with E-state index in [1.165, 1.54) is 11.9 Å². The Labute approximate surface area is 113 Å². The number of aliphatic carboxylic acids is 1. The summed E-state index contributed by atoms with van der Waals surface area (Å²) in [6.45, 7) is 2.52. The van der Waals surface area contributed by atoms with E-state index in [0.29, 0.717) is 25.8 Å². The molecular weight excluding hydrogens is 248 g/mol. The lowest BCUT2D eigenvalue weighted by molar-refractivity contribution is -0.142. The monoisotopic (exact) mass is 270 g/mol. The van der Waals surface area contributed by atoms with Crippen LogP contribution in [0, 0.1) is 11.8 Å². The van der Waals surface area contributed by atoms with Crippen LogP contribution in [0.3, 0.4) is 0 Å². The fourth-order valence-corrected chi connectivity index (χ4v) is 2.48. The fraction of sp³-hybridized carbons (Fsp3) is 0.769. The molecule has 2 N–H and O–H groups in total. The van der Waals surface area contributed by atoms with Gasteiger partial charge < -0.3 is 15.3 Å². The van der Waals surface area contributed by atoms with Crippen molar-refractivity contribution >= 4 is 17.8 Å². The molecule has 0 aliphatic heterocycles. The van der Waals surface area contributed by atoms with Gasteiger partial charge in [0.05, 0.1) is 12.5 Å². The Morgan fingerprint density at radius 2 is 1.89 bits per heavy atom. The maximum atomic E-state index is 12.3. The van der Waals surface area contributed by atoms with E-state index in [0.717, 1.165) is 6.42 Å². The first kappa shape index (κ1) is 15.5. The third-order valence-corrected chi connectivity index (χ3v) is 3.55. The fourth-order valence-electron chi connectivity index (χ4n) is 2.48. The lowest BCUT2D eigenvalue weighted by Gasteiger charge is -2.24. The molecule has 1 fully saturated rings. The average molecular weight is 270 g/mol. The van der Waals surface area contributed by atoms with Crippen LogP contribution < -0.4 is 5.32 Å². The summed E-state index contributed by atoms with van der Waals surface area (Å²) >= 11 is 0. The van der Waals surface area contributed by atoms with Gasteiger partial charge in [-0.15, -0.1) is 0 Å². The number of carboxylic acid groups (broad SMARTS) is 1. The molecule has 19 heavy (non-hydrogen) atoms. The van der Waals surface area contributed by atoms with Crippen LogP contribution in [0.1, 0.15) is 32.6 Å². The molecule has 0 saturated heterocycles. The molecule has 0 unspecified atom stereocenters. The Kier molecular flexibility index (Phi) is 5.79. The van der Waals surface area contributed by atoms with Crippen LogP contribution in [0.25, 0.3) is 0 Å². The molecule has 0 aromatic carbocycles. The van der Waals surface area contributed by atoms with Gasteiger partial charge in [0.2, 0.25) is 11.8 Å². The zero-order valence-corrected chi connectivity index (χ0v) is 11.5. The van der Waals surface area contributed by atoms with E-state index in [9.17, 15) is 14.4 Å². The number of hydrogen-bond acceptors (Lipinski definition) is 3. The van der Waals surface area contributed by atoms with Crippen LogP contribution in [0.2, 0.25) is 0 Å². The summed E-state index contributed by atoms with van der Waals surface area (Å²) in [5.74, 6) is -1.79. The largest absolute Gasteiger partial charge is 0.481 e. The van der Waals surface area contributed by atoms with Crippen LogP contribution in [0.15, 0.2) is 0 Å². The minimum absolute atomic E-state index is 0.0530. The molecule has 1 saturated carbocycles. The summed E-state index contributed by atoms with van der Waals surface area (Å²) < 4.78 is 0. The van der Waals surface area contributed by atoms with E-state index < -0.39 is 11.9 Å². The van der Waals surface area contributed by atoms with Gasteiger partial charge in [-0.2, -0.15) is 0 Å². The van der Waals surface area contributed by atoms with E-state index in [4.69, 9.17) is 5.11 Å². The maximum Gasteiger partial charge on any atom is 0.306 e. The second-order valence-electron chi connectivity index (χ2n) is 4.98. The topological polar surface area (TPSA) is 86.7 Å². The molecule has 0 radical (unpaired) electrons. The van der Waals surface area contributed by atoms with E-state index >= 15 is 0 Å². The number of likely N-dealkylation sites (N-methyl/N-ethyl adjacent to an activating group) is 1. The third kappa shape index (κ3) is 4.22. The van der Waals surface area contributed by atoms with Gasteiger partial charge in [0.15, 0.2) is 0 Å². The number of hydrogen-bond donors (Lipinski definition) is 2. The highest BCUT2D eigenvalue weighted by Crippen LogP contribution is 2.32. The van der Waals surface area contributed by atoms with Crippen molar-refractivity contribution in [2.75, 3.05) is 20.1 Å². The smallest absolute Gasteiger partial charge is 0.306 e. The Morgan fingerprint density at radius 1 is 1.26 bits per heavy atom. The molecule has 0 aromatic rings. The van der Waals surface area contributed by atoms with Gasteiger partial charge in [0.25, 0.3) is 0 Å². The summed E-state index contributed by atoms with van der Waals surface area (Å²) in [6.07, 6.45) is 2.31. The van der Waals surface area contributed by atoms with Crippen LogP contribution in [-0.2, 0) is 14.4 Å². The first-order chi connectivity index (χ1) is 8.99. The van der Waals surface area contributed by atoms with Crippen molar-refractivity contribution in [3.63, 3.8) is 0 Å². The Morgan fingerprint density at radius 3 is 2.37 bits per heavy atom. The number of nitrogens with one attached hydrogen (secondary N) is 1. The number of carboxylic acids is 1. The van der Waals surface area contributed by atoms with Crippen LogP contribution in [-0.4, -0.2) is 47.9 Å². The van der Waals surface area contributed by atoms with Crippen LogP contribution in [0.5, 0.6) is 0 Å². The van der Waals surface area contributed by atoms with Gasteiger partial charge >= 0.3 is 5.97 Å². The first-order valence-electron chi connectivity index (χ1n) is 6.71. The summed E-state index contributed by atoms with van der Waals surface area (Å²) in [6, 6.07) is 0. The van der Waals surface area contributed by atoms with Crippen LogP contribution in [0.4, 0.5) is 0 Å². The number of carbonyl (C=O) groups excluding carboxylic acids is 2. The standard InChI is InChI=1S/C13H22N2O4/c1-3-6-15(8-11(16)14-2)12(17)9-4-5-10(7-9)13(18)19/h9-10H,3-8H2,1-2H3,(H,14,16)(H,18,19)/t9-,10+/m1/s1. The number of carbonyl (C=O) groups is 3. The molecule has 108 valence electrons. The Balaban J connectivity index is 2.61. The van der Waals surface area contributed by atoms with Gasteiger partial charge in [0.1, 0.15) is 0 Å². The highest BCUT2D eigenvalue weighted by Gasteiger charge is 2.35. The van der Waals surface area contributed by atoms with Gasteiger partial charge in [-0.1, -0.05) is 6.92 Å². The van der Waals surface area contributed by atoms with Crippen molar-refractivity contribution in [2.45, 2.75) is 32.6 Å². The van der Waals surface area contributed by atoms with Crippen molar-refractivity contribution in [3.05, 3.63) is 0 Å². The SMILES string of the molecule is CCCN(CC(=O)NC)C(=O)[C@@H]1CC[C@H](C(=O)O)C1. The lowest BCUT2D eigenvalue weighted by atomic mass is 10.0. The number of nitrogens with zero attached hydrogens (tertiary/aromatic N) is 1. The van der Waals surface area contributed by atoms with Crippen molar-refractivity contribution in [1.29, 1.82) is 0 Å². The average Bonchev–Trinajstić information content (AvgIpc) is 2.86. The van der Waals surface area contributed by atoms with E-state index in [2.05, 4.69) is 5.32 Å². The molecule has 1 rings (SSSR count). The first-order valence-corrected chi connectivity index (χ1v) is 6.71. The summed E-state index contributed by atoms with van der Waals surface area (Å²) in [5, 5.41) is 11.4. The molecule has 6 heteroatoms. The zero-order chi connectivity index (χ0) is 14.4. The summed E-state index contributed by atoms with van der Waals surface area (Å²) in [5.41, 5.74) is 0. The summed E-state index contributed by atoms with van der Waals surface area (Å²) in [4.78, 5) is 36.1. The van der Waals surface area contributed by atoms with Crippen molar-refractivity contribution in [2.24, 2.45) is 11.8 Å². The third-order valence-electron chi connectivity index (χ3n) is 3.55. The highest BCUT2D eigenvalue weighted by molar-refractivity contribution is 5.86. The highest BCUT2D eigenvalue weighted by atomic mass is 16.4. The van der Waals surface area contributed by atoms with Crippen molar-refractivity contribution in [3.8, 4) is 0 Å². The molecule has 2 atom stereocenters. The van der Waals surface area contributed by atoms with E-state index in [1.54, 1.807) is 0 Å². The quantitative estimate of drug-likeness (QED) is 0.734. The predicted octanol–water partition coefficient (Wildman–Crippen LogP) is 0.472. The normalized spacial score (nSPS) is 22.0. The second kappa shape index (κ2) is 7.11. The molecule has 0 heterocycles. The van der Waals surface area contributed by atoms with Crippen molar-refractivity contribution < 1.29 is 19.5 Å². The molecule has 0 aromatic heterocycles. The number of rotatable bonds is 6. The van der Waals surface area contributed by atoms with Crippen molar-refractivity contribution in [1.82, 2.24) is 10.2 Å². The molecule has 1 aliphatic rings. The van der Waals surface area contributed by atoms with E-state index in [1.807, 2.05) is 6.92 Å². The molecule has 2 amide bonds. The predicted molar refractivity (Wildman–Crippen MR) is 69.4 cm³/mol. The summed E-state index contributed by atoms with van der Waals surface area (Å²) in [7, 11) is 1.53. The Bertz CT molecular complexity index is 357. The van der Waals surface area contributed by atoms with Crippen LogP contribution >= 0.6 is 0 Å². The van der Waals surface area contributed by atoms with E-state index in [-0.39, 0.29) is 24.3 Å². The number of amides is 2. The molecule has 0 spiro atoms. The zero-order valence-electron chi connectivity index (χ0n) is 11.5. The minimum Gasteiger partial charge on any atom is -0.481 e. The molecule has 6 nitrogen and oxygen atoms in total. The van der Waals surface area contributed by atoms with Gasteiger partial charge in [-0.25, -0.2) is 0 Å². The second-order valence-corrected chi connectivity index (χ2v) is 4.98. The lowest BCUT2D eigenvalue weighted by Crippen LogP contribution is -2.42. The van der Waals surface area contributed by atoms with Gasteiger partial charge in [0, 0.05) is 19.5 Å². The molecule has 1 aliphatic carbocycles. The Hall–Kier alpha value is -1.59. The van der Waals surface area contributed by atoms with Gasteiger partial charge in [-0.05, 0) is 25.7 Å². The minimum atomic E-state index is -0.830. The molecular formula is C13H22N2O4.